The molecule has 0 bridgehead atoms. The number of nitrogens with zero attached hydrogens (tertiary/aromatic N) is 5. The van der Waals surface area contributed by atoms with E-state index in [9.17, 15) is 9.59 Å². The maximum absolute atomic E-state index is 12.9. The summed E-state index contributed by atoms with van der Waals surface area (Å²) in [5.41, 5.74) is 0. The third-order valence-corrected chi connectivity index (χ3v) is 6.14. The first kappa shape index (κ1) is 18.3. The fraction of sp³-hybridized carbons (Fsp3) is 0.789. The molecule has 3 heterocycles. The van der Waals surface area contributed by atoms with Crippen LogP contribution in [0.1, 0.15) is 51.3 Å². The highest BCUT2D eigenvalue weighted by Gasteiger charge is 2.40. The average molecular weight is 375 g/mol. The normalized spacial score (nSPS) is 24.7. The van der Waals surface area contributed by atoms with Crippen LogP contribution in [0, 0.1) is 5.92 Å². The van der Waals surface area contributed by atoms with Gasteiger partial charge in [0, 0.05) is 51.6 Å². The molecule has 3 aliphatic rings. The Morgan fingerprint density at radius 2 is 1.85 bits per heavy atom. The molecule has 8 nitrogen and oxygen atoms in total. The minimum absolute atomic E-state index is 0.126. The molecule has 1 saturated carbocycles. The van der Waals surface area contributed by atoms with E-state index in [-0.39, 0.29) is 17.7 Å². The van der Waals surface area contributed by atoms with Crippen molar-refractivity contribution in [2.45, 2.75) is 57.9 Å². The van der Waals surface area contributed by atoms with Crippen LogP contribution in [0.15, 0.2) is 4.42 Å². The van der Waals surface area contributed by atoms with Crippen molar-refractivity contribution in [2.75, 3.05) is 37.6 Å². The van der Waals surface area contributed by atoms with Gasteiger partial charge in [-0.2, -0.15) is 0 Å². The summed E-state index contributed by atoms with van der Waals surface area (Å²) in [5, 5.41) is 8.09. The Labute approximate surface area is 159 Å². The molecule has 0 aromatic carbocycles. The lowest BCUT2D eigenvalue weighted by molar-refractivity contribution is -0.136. The summed E-state index contributed by atoms with van der Waals surface area (Å²) in [6.07, 6.45) is 6.95. The number of hydrogen-bond acceptors (Lipinski definition) is 6. The zero-order valence-corrected chi connectivity index (χ0v) is 16.1. The molecule has 27 heavy (non-hydrogen) atoms. The maximum atomic E-state index is 12.9. The van der Waals surface area contributed by atoms with Gasteiger partial charge in [0.25, 0.3) is 0 Å². The molecule has 0 N–H and O–H groups in total. The molecule has 3 fully saturated rings. The lowest BCUT2D eigenvalue weighted by Crippen LogP contribution is -2.51. The number of amides is 2. The second-order valence-corrected chi connectivity index (χ2v) is 7.88. The van der Waals surface area contributed by atoms with Gasteiger partial charge in [0.15, 0.2) is 0 Å². The summed E-state index contributed by atoms with van der Waals surface area (Å²) in [7, 11) is 0. The molecule has 4 rings (SSSR count). The smallest absolute Gasteiger partial charge is 0.318 e. The standard InChI is InChI=1S/C19H29N5O3/c1-2-16-20-21-19(27-16)23-10-8-22(9-11-23)18(26)14-12-17(25)24(13-14)15-6-4-3-5-7-15/h14-15H,2-13H2,1H3. The van der Waals surface area contributed by atoms with Crippen molar-refractivity contribution in [2.24, 2.45) is 5.92 Å². The van der Waals surface area contributed by atoms with Crippen molar-refractivity contribution in [3.05, 3.63) is 5.89 Å². The molecule has 1 aromatic rings. The fourth-order valence-electron chi connectivity index (χ4n) is 4.53. The van der Waals surface area contributed by atoms with E-state index in [1.54, 1.807) is 0 Å². The number of aromatic nitrogens is 2. The van der Waals surface area contributed by atoms with Crippen LogP contribution in [0.3, 0.4) is 0 Å². The van der Waals surface area contributed by atoms with Crippen molar-refractivity contribution < 1.29 is 14.0 Å². The van der Waals surface area contributed by atoms with Crippen molar-refractivity contribution in [1.29, 1.82) is 0 Å². The van der Waals surface area contributed by atoms with Crippen LogP contribution in [-0.4, -0.2) is 70.6 Å². The number of carbonyl (C=O) groups is 2. The van der Waals surface area contributed by atoms with Crippen LogP contribution in [0.4, 0.5) is 6.01 Å². The Balaban J connectivity index is 1.31. The number of aryl methyl sites for hydroxylation is 1. The Bertz CT molecular complexity index is 677. The zero-order chi connectivity index (χ0) is 18.8. The van der Waals surface area contributed by atoms with Crippen LogP contribution in [0.25, 0.3) is 0 Å². The van der Waals surface area contributed by atoms with E-state index in [1.165, 1.54) is 19.3 Å². The number of likely N-dealkylation sites (tertiary alicyclic amines) is 1. The molecular weight excluding hydrogens is 346 g/mol. The van der Waals surface area contributed by atoms with E-state index in [4.69, 9.17) is 4.42 Å². The molecule has 0 spiro atoms. The van der Waals surface area contributed by atoms with Gasteiger partial charge in [0.05, 0.1) is 5.92 Å². The molecule has 8 heteroatoms. The Morgan fingerprint density at radius 3 is 2.52 bits per heavy atom. The third-order valence-electron chi connectivity index (χ3n) is 6.14. The second-order valence-electron chi connectivity index (χ2n) is 7.88. The summed E-state index contributed by atoms with van der Waals surface area (Å²) >= 11 is 0. The molecular formula is C19H29N5O3. The first-order valence-electron chi connectivity index (χ1n) is 10.3. The first-order chi connectivity index (χ1) is 13.2. The highest BCUT2D eigenvalue weighted by Crippen LogP contribution is 2.29. The minimum Gasteiger partial charge on any atom is -0.408 e. The molecule has 1 aliphatic carbocycles. The second kappa shape index (κ2) is 7.86. The highest BCUT2D eigenvalue weighted by molar-refractivity contribution is 5.89. The van der Waals surface area contributed by atoms with Crippen LogP contribution < -0.4 is 4.90 Å². The van der Waals surface area contributed by atoms with Crippen LogP contribution in [0.2, 0.25) is 0 Å². The van der Waals surface area contributed by atoms with E-state index in [2.05, 4.69) is 10.2 Å². The molecule has 2 saturated heterocycles. The van der Waals surface area contributed by atoms with Gasteiger partial charge in [-0.15, -0.1) is 5.10 Å². The number of carbonyl (C=O) groups excluding carboxylic acids is 2. The molecule has 1 aromatic heterocycles. The molecule has 0 radical (unpaired) electrons. The average Bonchev–Trinajstić information content (AvgIpc) is 3.35. The molecule has 2 amide bonds. The Kier molecular flexibility index (Phi) is 5.31. The van der Waals surface area contributed by atoms with Crippen LogP contribution in [0.5, 0.6) is 0 Å². The van der Waals surface area contributed by atoms with Gasteiger partial charge in [-0.3, -0.25) is 9.59 Å². The van der Waals surface area contributed by atoms with E-state index < -0.39 is 0 Å². The van der Waals surface area contributed by atoms with Crippen LogP contribution >= 0.6 is 0 Å². The van der Waals surface area contributed by atoms with E-state index in [0.717, 1.165) is 19.3 Å². The predicted molar refractivity (Wildman–Crippen MR) is 99.2 cm³/mol. The molecule has 2 aliphatic heterocycles. The lowest BCUT2D eigenvalue weighted by Gasteiger charge is -2.35. The monoisotopic (exact) mass is 375 g/mol. The van der Waals surface area contributed by atoms with Crippen molar-refractivity contribution in [3.8, 4) is 0 Å². The predicted octanol–water partition coefficient (Wildman–Crippen LogP) is 1.46. The minimum atomic E-state index is -0.180. The summed E-state index contributed by atoms with van der Waals surface area (Å²) in [5.74, 6) is 0.745. The molecule has 148 valence electrons. The SMILES string of the molecule is CCc1nnc(N2CCN(C(=O)C3CC(=O)N(C4CCCCC4)C3)CC2)o1. The summed E-state index contributed by atoms with van der Waals surface area (Å²) < 4.78 is 5.61. The van der Waals surface area contributed by atoms with E-state index in [1.807, 2.05) is 21.6 Å². The van der Waals surface area contributed by atoms with Gasteiger partial charge < -0.3 is 19.1 Å². The van der Waals surface area contributed by atoms with Gasteiger partial charge in [-0.1, -0.05) is 31.3 Å². The van der Waals surface area contributed by atoms with Crippen LogP contribution in [-0.2, 0) is 16.0 Å². The maximum Gasteiger partial charge on any atom is 0.318 e. The molecule has 1 unspecified atom stereocenters. The van der Waals surface area contributed by atoms with Gasteiger partial charge in [0.1, 0.15) is 0 Å². The number of hydrogen-bond donors (Lipinski definition) is 0. The summed E-state index contributed by atoms with van der Waals surface area (Å²) in [6.45, 7) is 5.22. The van der Waals surface area contributed by atoms with Gasteiger partial charge in [0.2, 0.25) is 17.7 Å². The van der Waals surface area contributed by atoms with Crippen molar-refractivity contribution >= 4 is 17.8 Å². The van der Waals surface area contributed by atoms with E-state index >= 15 is 0 Å². The Hall–Kier alpha value is -2.12. The largest absolute Gasteiger partial charge is 0.408 e. The quantitative estimate of drug-likeness (QED) is 0.792. The third kappa shape index (κ3) is 3.80. The summed E-state index contributed by atoms with van der Waals surface area (Å²) in [4.78, 5) is 31.3. The van der Waals surface area contributed by atoms with Gasteiger partial charge in [-0.25, -0.2) is 0 Å². The number of piperazine rings is 1. The van der Waals surface area contributed by atoms with E-state index in [0.29, 0.717) is 57.1 Å². The van der Waals surface area contributed by atoms with Crippen molar-refractivity contribution in [3.63, 3.8) is 0 Å². The molecule has 1 atom stereocenters. The van der Waals surface area contributed by atoms with Crippen molar-refractivity contribution in [1.82, 2.24) is 20.0 Å². The highest BCUT2D eigenvalue weighted by atomic mass is 16.4. The van der Waals surface area contributed by atoms with Gasteiger partial charge in [-0.05, 0) is 12.8 Å². The number of anilines is 1. The lowest BCUT2D eigenvalue weighted by atomic mass is 9.94. The fourth-order valence-corrected chi connectivity index (χ4v) is 4.53. The van der Waals surface area contributed by atoms with Gasteiger partial charge >= 0.3 is 6.01 Å². The zero-order valence-electron chi connectivity index (χ0n) is 16.1. The first-order valence-corrected chi connectivity index (χ1v) is 10.3. The Morgan fingerprint density at radius 1 is 1.11 bits per heavy atom. The summed E-state index contributed by atoms with van der Waals surface area (Å²) in [6, 6.07) is 0.893. The topological polar surface area (TPSA) is 82.8 Å². The number of rotatable bonds is 4.